The molecule has 1 aliphatic heterocycles. The molecule has 4 nitrogen and oxygen atoms in total. The monoisotopic (exact) mass is 461 g/mol. The van der Waals surface area contributed by atoms with Gasteiger partial charge in [0.05, 0.1) is 6.04 Å². The van der Waals surface area contributed by atoms with Gasteiger partial charge in [0.15, 0.2) is 12.0 Å². The van der Waals surface area contributed by atoms with Crippen molar-refractivity contribution in [1.82, 2.24) is 5.32 Å². The summed E-state index contributed by atoms with van der Waals surface area (Å²) < 4.78 is 12.1. The number of hydrogen-bond acceptors (Lipinski definition) is 4. The highest BCUT2D eigenvalue weighted by Crippen LogP contribution is 2.38. The number of nitrogens with one attached hydrogen (secondary N) is 1. The lowest BCUT2D eigenvalue weighted by Gasteiger charge is -2.18. The molecule has 0 radical (unpaired) electrons. The molecule has 0 aromatic heterocycles. The molecule has 0 amide bonds. The second-order valence-electron chi connectivity index (χ2n) is 8.48. The second-order valence-corrected chi connectivity index (χ2v) is 8.48. The molecule has 1 heterocycles. The van der Waals surface area contributed by atoms with Crippen molar-refractivity contribution in [2.45, 2.75) is 25.0 Å². The van der Waals surface area contributed by atoms with Crippen LogP contribution in [0.1, 0.15) is 34.4 Å². The number of ketones is 1. The molecule has 174 valence electrons. The van der Waals surface area contributed by atoms with E-state index in [-0.39, 0.29) is 17.9 Å². The number of carbonyl (C=O) groups is 1. The molecule has 1 saturated heterocycles. The van der Waals surface area contributed by atoms with Gasteiger partial charge in [0, 0.05) is 0 Å². The largest absolute Gasteiger partial charge is 0.489 e. The lowest BCUT2D eigenvalue weighted by Crippen LogP contribution is -2.32. The minimum atomic E-state index is -0.723. The standard InChI is InChI=1S/C31H27NO3/c33-28(20-19-23-13-10-18-27(21-23)34-22-24-11-4-1-5-12-24)31-32-29(25-14-6-2-7-15-25)30(35-31)26-16-8-3-9-17-26/h1-21,29-32H,22H2/b20-19+. The van der Waals surface area contributed by atoms with Crippen molar-refractivity contribution in [3.8, 4) is 5.75 Å². The quantitative estimate of drug-likeness (QED) is 0.314. The molecule has 3 unspecified atom stereocenters. The van der Waals surface area contributed by atoms with Crippen LogP contribution in [0.3, 0.4) is 0 Å². The summed E-state index contributed by atoms with van der Waals surface area (Å²) in [7, 11) is 0. The van der Waals surface area contributed by atoms with Crippen LogP contribution in [0.4, 0.5) is 0 Å². The van der Waals surface area contributed by atoms with Crippen LogP contribution in [0, 0.1) is 0 Å². The minimum absolute atomic E-state index is 0.115. The SMILES string of the molecule is O=C(/C=C/c1cccc(OCc2ccccc2)c1)C1NC(c2ccccc2)C(c2ccccc2)O1. The van der Waals surface area contributed by atoms with Crippen LogP contribution in [0.25, 0.3) is 6.08 Å². The Balaban J connectivity index is 1.27. The fourth-order valence-corrected chi connectivity index (χ4v) is 4.22. The number of carbonyl (C=O) groups excluding carboxylic acids is 1. The Bertz CT molecular complexity index is 1220. The van der Waals surface area contributed by atoms with Crippen LogP contribution in [0.5, 0.6) is 5.75 Å². The summed E-state index contributed by atoms with van der Waals surface area (Å²) in [6.45, 7) is 0.495. The van der Waals surface area contributed by atoms with Crippen molar-refractivity contribution in [2.75, 3.05) is 0 Å². The molecule has 1 N–H and O–H groups in total. The van der Waals surface area contributed by atoms with Gasteiger partial charge in [-0.05, 0) is 40.5 Å². The van der Waals surface area contributed by atoms with Crippen LogP contribution < -0.4 is 10.1 Å². The van der Waals surface area contributed by atoms with E-state index in [0.717, 1.165) is 28.0 Å². The van der Waals surface area contributed by atoms with Crippen LogP contribution in [-0.2, 0) is 16.1 Å². The van der Waals surface area contributed by atoms with Crippen molar-refractivity contribution in [2.24, 2.45) is 0 Å². The van der Waals surface area contributed by atoms with E-state index in [2.05, 4.69) is 17.4 Å². The summed E-state index contributed by atoms with van der Waals surface area (Å²) in [5, 5.41) is 3.39. The van der Waals surface area contributed by atoms with E-state index in [1.165, 1.54) is 0 Å². The zero-order chi connectivity index (χ0) is 23.9. The third-order valence-corrected chi connectivity index (χ3v) is 6.01. The summed E-state index contributed by atoms with van der Waals surface area (Å²) in [6.07, 6.45) is 2.40. The Labute approximate surface area is 205 Å². The summed E-state index contributed by atoms with van der Waals surface area (Å²) >= 11 is 0. The molecule has 35 heavy (non-hydrogen) atoms. The Morgan fingerprint density at radius 1 is 0.800 bits per heavy atom. The van der Waals surface area contributed by atoms with Crippen molar-refractivity contribution in [3.05, 3.63) is 144 Å². The predicted octanol–water partition coefficient (Wildman–Crippen LogP) is 6.28. The third-order valence-electron chi connectivity index (χ3n) is 6.01. The van der Waals surface area contributed by atoms with Crippen LogP contribution in [0.2, 0.25) is 0 Å². The average molecular weight is 462 g/mol. The van der Waals surface area contributed by atoms with Gasteiger partial charge in [0.25, 0.3) is 0 Å². The Kier molecular flexibility index (Phi) is 7.13. The van der Waals surface area contributed by atoms with Gasteiger partial charge in [-0.25, -0.2) is 0 Å². The molecule has 1 aliphatic rings. The molecular weight excluding hydrogens is 434 g/mol. The highest BCUT2D eigenvalue weighted by molar-refractivity contribution is 5.97. The summed E-state index contributed by atoms with van der Waals surface area (Å²) in [5.74, 6) is 0.631. The van der Waals surface area contributed by atoms with E-state index in [9.17, 15) is 4.79 Å². The normalized spacial score (nSPS) is 19.6. The zero-order valence-electron chi connectivity index (χ0n) is 19.3. The fraction of sp³-hybridized carbons (Fsp3) is 0.129. The number of rotatable bonds is 8. The first-order valence-electron chi connectivity index (χ1n) is 11.8. The van der Waals surface area contributed by atoms with Gasteiger partial charge < -0.3 is 9.47 Å². The minimum Gasteiger partial charge on any atom is -0.489 e. The molecule has 0 bridgehead atoms. The van der Waals surface area contributed by atoms with Crippen molar-refractivity contribution in [3.63, 3.8) is 0 Å². The van der Waals surface area contributed by atoms with E-state index in [1.807, 2.05) is 103 Å². The molecule has 4 heteroatoms. The predicted molar refractivity (Wildman–Crippen MR) is 138 cm³/mol. The Morgan fingerprint density at radius 3 is 2.17 bits per heavy atom. The van der Waals surface area contributed by atoms with Gasteiger partial charge >= 0.3 is 0 Å². The van der Waals surface area contributed by atoms with Crippen molar-refractivity contribution in [1.29, 1.82) is 0 Å². The second kappa shape index (κ2) is 11.0. The van der Waals surface area contributed by atoms with Crippen molar-refractivity contribution >= 4 is 11.9 Å². The van der Waals surface area contributed by atoms with Crippen LogP contribution in [-0.4, -0.2) is 12.0 Å². The van der Waals surface area contributed by atoms with Crippen LogP contribution in [0.15, 0.2) is 121 Å². The maximum atomic E-state index is 13.1. The first-order valence-corrected chi connectivity index (χ1v) is 11.8. The average Bonchev–Trinajstić information content (AvgIpc) is 3.38. The molecule has 4 aromatic rings. The number of benzene rings is 4. The smallest absolute Gasteiger partial charge is 0.199 e. The van der Waals surface area contributed by atoms with Gasteiger partial charge in [-0.3, -0.25) is 10.1 Å². The molecule has 0 aliphatic carbocycles. The molecule has 0 saturated carbocycles. The maximum absolute atomic E-state index is 13.1. The van der Waals surface area contributed by atoms with Gasteiger partial charge in [0.2, 0.25) is 0 Å². The van der Waals surface area contributed by atoms with Gasteiger partial charge in [-0.2, -0.15) is 0 Å². The Hall–Kier alpha value is -3.99. The van der Waals surface area contributed by atoms with Crippen molar-refractivity contribution < 1.29 is 14.3 Å². The Morgan fingerprint density at radius 2 is 1.46 bits per heavy atom. The van der Waals surface area contributed by atoms with Gasteiger partial charge in [-0.15, -0.1) is 0 Å². The summed E-state index contributed by atoms with van der Waals surface area (Å²) in [4.78, 5) is 13.1. The van der Waals surface area contributed by atoms with E-state index in [4.69, 9.17) is 9.47 Å². The highest BCUT2D eigenvalue weighted by atomic mass is 16.5. The number of hydrogen-bond donors (Lipinski definition) is 1. The molecule has 1 fully saturated rings. The zero-order valence-corrected chi connectivity index (χ0v) is 19.3. The maximum Gasteiger partial charge on any atom is 0.199 e. The van der Waals surface area contributed by atoms with E-state index in [0.29, 0.717) is 6.61 Å². The van der Waals surface area contributed by atoms with Gasteiger partial charge in [0.1, 0.15) is 18.5 Å². The first kappa shape index (κ1) is 22.8. The molecule has 3 atom stereocenters. The first-order chi connectivity index (χ1) is 17.3. The summed E-state index contributed by atoms with van der Waals surface area (Å²) in [5.41, 5.74) is 4.12. The molecule has 0 spiro atoms. The van der Waals surface area contributed by atoms with E-state index < -0.39 is 6.23 Å². The van der Waals surface area contributed by atoms with E-state index >= 15 is 0 Å². The molecule has 5 rings (SSSR count). The van der Waals surface area contributed by atoms with Crippen LogP contribution >= 0.6 is 0 Å². The lowest BCUT2D eigenvalue weighted by molar-refractivity contribution is -0.125. The molecular formula is C31H27NO3. The number of ether oxygens (including phenoxy) is 2. The molecule has 4 aromatic carbocycles. The topological polar surface area (TPSA) is 47.6 Å². The lowest BCUT2D eigenvalue weighted by atomic mass is 9.97. The fourth-order valence-electron chi connectivity index (χ4n) is 4.22. The summed E-state index contributed by atoms with van der Waals surface area (Å²) in [6, 6.07) is 37.8. The van der Waals surface area contributed by atoms with E-state index in [1.54, 1.807) is 12.2 Å². The third kappa shape index (κ3) is 5.75. The highest BCUT2D eigenvalue weighted by Gasteiger charge is 2.38. The van der Waals surface area contributed by atoms with Gasteiger partial charge in [-0.1, -0.05) is 109 Å².